The van der Waals surface area contributed by atoms with Gasteiger partial charge in [-0.2, -0.15) is 0 Å². The molecule has 0 unspecified atom stereocenters. The standard InChI is InChI=1S/C8H13N3O2/c1-6-7(2)11(4-5-13-3)8(12)10-9-6/h4-5H2,1-3H3. The maximum atomic E-state index is 11.2. The second-order valence-electron chi connectivity index (χ2n) is 2.80. The van der Waals surface area contributed by atoms with Gasteiger partial charge in [-0.15, -0.1) is 5.10 Å². The molecule has 0 spiro atoms. The fourth-order valence-electron chi connectivity index (χ4n) is 1.03. The molecule has 0 fully saturated rings. The van der Waals surface area contributed by atoms with Crippen molar-refractivity contribution in [3.8, 4) is 0 Å². The summed E-state index contributed by atoms with van der Waals surface area (Å²) in [5.74, 6) is 0. The minimum atomic E-state index is -0.319. The summed E-state index contributed by atoms with van der Waals surface area (Å²) in [4.78, 5) is 11.2. The lowest BCUT2D eigenvalue weighted by Gasteiger charge is -2.08. The van der Waals surface area contributed by atoms with Crippen LogP contribution in [0, 0.1) is 13.8 Å². The van der Waals surface area contributed by atoms with Gasteiger partial charge in [0.2, 0.25) is 0 Å². The van der Waals surface area contributed by atoms with Crippen molar-refractivity contribution in [2.24, 2.45) is 0 Å². The van der Waals surface area contributed by atoms with E-state index < -0.39 is 0 Å². The van der Waals surface area contributed by atoms with Crippen molar-refractivity contribution in [2.75, 3.05) is 13.7 Å². The minimum absolute atomic E-state index is 0.319. The number of ether oxygens (including phenoxy) is 1. The Kier molecular flexibility index (Phi) is 3.13. The quantitative estimate of drug-likeness (QED) is 0.656. The number of hydrogen-bond acceptors (Lipinski definition) is 4. The highest BCUT2D eigenvalue weighted by atomic mass is 16.5. The molecule has 13 heavy (non-hydrogen) atoms. The van der Waals surface area contributed by atoms with Gasteiger partial charge < -0.3 is 4.74 Å². The Morgan fingerprint density at radius 2 is 2.08 bits per heavy atom. The molecule has 1 aromatic rings. The zero-order valence-electron chi connectivity index (χ0n) is 8.07. The molecule has 0 aliphatic heterocycles. The molecular weight excluding hydrogens is 170 g/mol. The van der Waals surface area contributed by atoms with Gasteiger partial charge in [-0.25, -0.2) is 4.79 Å². The van der Waals surface area contributed by atoms with Gasteiger partial charge in [0.1, 0.15) is 0 Å². The summed E-state index contributed by atoms with van der Waals surface area (Å²) in [5.41, 5.74) is 1.30. The number of aryl methyl sites for hydroxylation is 1. The molecule has 0 aromatic carbocycles. The minimum Gasteiger partial charge on any atom is -0.383 e. The molecule has 5 heteroatoms. The molecule has 0 saturated carbocycles. The Morgan fingerprint density at radius 1 is 1.38 bits per heavy atom. The van der Waals surface area contributed by atoms with Crippen molar-refractivity contribution in [1.82, 2.24) is 14.8 Å². The first kappa shape index (κ1) is 9.85. The van der Waals surface area contributed by atoms with Crippen LogP contribution in [-0.2, 0) is 11.3 Å². The molecule has 0 bridgehead atoms. The fourth-order valence-corrected chi connectivity index (χ4v) is 1.03. The van der Waals surface area contributed by atoms with Gasteiger partial charge in [0, 0.05) is 12.8 Å². The summed E-state index contributed by atoms with van der Waals surface area (Å²) in [6.45, 7) is 4.70. The van der Waals surface area contributed by atoms with Gasteiger partial charge in [0.15, 0.2) is 0 Å². The lowest BCUT2D eigenvalue weighted by molar-refractivity contribution is 0.184. The third-order valence-corrected chi connectivity index (χ3v) is 1.96. The van der Waals surface area contributed by atoms with Crippen molar-refractivity contribution in [3.63, 3.8) is 0 Å². The summed E-state index contributed by atoms with van der Waals surface area (Å²) >= 11 is 0. The van der Waals surface area contributed by atoms with E-state index in [1.807, 2.05) is 13.8 Å². The van der Waals surface area contributed by atoms with Crippen LogP contribution >= 0.6 is 0 Å². The van der Waals surface area contributed by atoms with Gasteiger partial charge in [-0.3, -0.25) is 4.57 Å². The predicted molar refractivity (Wildman–Crippen MR) is 47.6 cm³/mol. The van der Waals surface area contributed by atoms with E-state index >= 15 is 0 Å². The average Bonchev–Trinajstić information content (AvgIpc) is 2.12. The van der Waals surface area contributed by atoms with Crippen molar-refractivity contribution in [3.05, 3.63) is 21.9 Å². The summed E-state index contributed by atoms with van der Waals surface area (Å²) in [6, 6.07) is 0. The molecule has 5 nitrogen and oxygen atoms in total. The van der Waals surface area contributed by atoms with E-state index in [0.717, 1.165) is 11.4 Å². The van der Waals surface area contributed by atoms with Crippen LogP contribution in [0.2, 0.25) is 0 Å². The topological polar surface area (TPSA) is 57.0 Å². The predicted octanol–water partition coefficient (Wildman–Crippen LogP) is -0.0985. The number of methoxy groups -OCH3 is 1. The third-order valence-electron chi connectivity index (χ3n) is 1.96. The first-order chi connectivity index (χ1) is 6.16. The Hall–Kier alpha value is -1.23. The van der Waals surface area contributed by atoms with Crippen LogP contribution in [0.4, 0.5) is 0 Å². The Bertz CT molecular complexity index is 346. The molecule has 72 valence electrons. The van der Waals surface area contributed by atoms with E-state index in [0.29, 0.717) is 13.2 Å². The monoisotopic (exact) mass is 183 g/mol. The lowest BCUT2D eigenvalue weighted by atomic mass is 10.3. The van der Waals surface area contributed by atoms with Crippen LogP contribution in [0.15, 0.2) is 4.79 Å². The lowest BCUT2D eigenvalue weighted by Crippen LogP contribution is -2.28. The molecule has 0 aliphatic carbocycles. The third kappa shape index (κ3) is 2.12. The fraction of sp³-hybridized carbons (Fsp3) is 0.625. The highest BCUT2D eigenvalue weighted by molar-refractivity contribution is 5.05. The van der Waals surface area contributed by atoms with Crippen LogP contribution in [-0.4, -0.2) is 28.5 Å². The molecule has 1 heterocycles. The smallest absolute Gasteiger partial charge is 0.366 e. The molecule has 1 rings (SSSR count). The molecule has 1 aromatic heterocycles. The van der Waals surface area contributed by atoms with Crippen LogP contribution < -0.4 is 5.69 Å². The van der Waals surface area contributed by atoms with E-state index in [4.69, 9.17) is 4.74 Å². The second-order valence-corrected chi connectivity index (χ2v) is 2.80. The van der Waals surface area contributed by atoms with Gasteiger partial charge in [-0.05, 0) is 13.8 Å². The van der Waals surface area contributed by atoms with E-state index in [-0.39, 0.29) is 5.69 Å². The summed E-state index contributed by atoms with van der Waals surface area (Å²) in [7, 11) is 1.60. The average molecular weight is 183 g/mol. The van der Waals surface area contributed by atoms with Gasteiger partial charge in [0.05, 0.1) is 18.8 Å². The number of hydrogen-bond donors (Lipinski definition) is 0. The van der Waals surface area contributed by atoms with Crippen molar-refractivity contribution >= 4 is 0 Å². The van der Waals surface area contributed by atoms with Crippen LogP contribution in [0.3, 0.4) is 0 Å². The van der Waals surface area contributed by atoms with Crippen molar-refractivity contribution in [2.45, 2.75) is 20.4 Å². The van der Waals surface area contributed by atoms with Crippen molar-refractivity contribution in [1.29, 1.82) is 0 Å². The first-order valence-corrected chi connectivity index (χ1v) is 4.06. The Balaban J connectivity index is 3.03. The molecule has 0 N–H and O–H groups in total. The SMILES string of the molecule is COCCn1c(C)c(C)nnc1=O. The summed E-state index contributed by atoms with van der Waals surface area (Å²) in [6.07, 6.45) is 0. The number of rotatable bonds is 3. The number of nitrogens with zero attached hydrogens (tertiary/aromatic N) is 3. The van der Waals surface area contributed by atoms with Crippen LogP contribution in [0.1, 0.15) is 11.4 Å². The maximum Gasteiger partial charge on any atom is 0.366 e. The molecule has 0 amide bonds. The van der Waals surface area contributed by atoms with E-state index in [1.54, 1.807) is 11.7 Å². The normalized spacial score (nSPS) is 10.4. The molecule has 0 aliphatic rings. The molecular formula is C8H13N3O2. The largest absolute Gasteiger partial charge is 0.383 e. The van der Waals surface area contributed by atoms with Crippen LogP contribution in [0.25, 0.3) is 0 Å². The summed E-state index contributed by atoms with van der Waals surface area (Å²) in [5, 5.41) is 7.22. The molecule has 0 radical (unpaired) electrons. The highest BCUT2D eigenvalue weighted by Gasteiger charge is 2.04. The molecule has 0 atom stereocenters. The van der Waals surface area contributed by atoms with E-state index in [1.165, 1.54) is 0 Å². The van der Waals surface area contributed by atoms with Gasteiger partial charge in [-0.1, -0.05) is 5.10 Å². The van der Waals surface area contributed by atoms with E-state index in [2.05, 4.69) is 10.2 Å². The van der Waals surface area contributed by atoms with Crippen LogP contribution in [0.5, 0.6) is 0 Å². The first-order valence-electron chi connectivity index (χ1n) is 4.06. The maximum absolute atomic E-state index is 11.2. The Labute approximate surface area is 76.4 Å². The molecule has 0 saturated heterocycles. The highest BCUT2D eigenvalue weighted by Crippen LogP contribution is 1.97. The van der Waals surface area contributed by atoms with E-state index in [9.17, 15) is 4.79 Å². The van der Waals surface area contributed by atoms with Gasteiger partial charge >= 0.3 is 5.69 Å². The number of aromatic nitrogens is 3. The second kappa shape index (κ2) is 4.13. The van der Waals surface area contributed by atoms with Crippen molar-refractivity contribution < 1.29 is 4.74 Å². The Morgan fingerprint density at radius 3 is 2.69 bits per heavy atom. The summed E-state index contributed by atoms with van der Waals surface area (Å²) < 4.78 is 6.45. The van der Waals surface area contributed by atoms with Gasteiger partial charge in [0.25, 0.3) is 0 Å². The zero-order valence-corrected chi connectivity index (χ0v) is 8.07. The zero-order chi connectivity index (χ0) is 9.84.